The zero-order chi connectivity index (χ0) is 20.6. The summed E-state index contributed by atoms with van der Waals surface area (Å²) in [5, 5.41) is 6.38. The van der Waals surface area contributed by atoms with Crippen molar-refractivity contribution in [2.45, 2.75) is 6.42 Å². The molecule has 0 saturated heterocycles. The molecular weight excluding hydrogens is 375 g/mol. The van der Waals surface area contributed by atoms with Crippen LogP contribution in [0, 0.1) is 5.82 Å². The molecule has 8 heteroatoms. The summed E-state index contributed by atoms with van der Waals surface area (Å²) in [5.74, 6) is 2.44. The highest BCUT2D eigenvalue weighted by Gasteiger charge is 2.13. The van der Waals surface area contributed by atoms with Crippen molar-refractivity contribution in [2.24, 2.45) is 0 Å². The van der Waals surface area contributed by atoms with Gasteiger partial charge in [0.2, 0.25) is 11.7 Å². The summed E-state index contributed by atoms with van der Waals surface area (Å²) >= 11 is 0. The van der Waals surface area contributed by atoms with Gasteiger partial charge in [0, 0.05) is 30.6 Å². The van der Waals surface area contributed by atoms with Gasteiger partial charge in [-0.1, -0.05) is 12.1 Å². The van der Waals surface area contributed by atoms with Crippen molar-refractivity contribution in [3.63, 3.8) is 0 Å². The molecule has 3 rings (SSSR count). The minimum Gasteiger partial charge on any atom is -0.493 e. The molecule has 3 aromatic rings. The van der Waals surface area contributed by atoms with Gasteiger partial charge in [-0.2, -0.15) is 4.98 Å². The highest BCUT2D eigenvalue weighted by atomic mass is 19.1. The third-order valence-corrected chi connectivity index (χ3v) is 4.21. The predicted molar refractivity (Wildman–Crippen MR) is 110 cm³/mol. The summed E-state index contributed by atoms with van der Waals surface area (Å²) in [6, 6.07) is 11.8. The fraction of sp³-hybridized carbons (Fsp3) is 0.238. The van der Waals surface area contributed by atoms with Gasteiger partial charge in [-0.25, -0.2) is 9.37 Å². The van der Waals surface area contributed by atoms with Crippen molar-refractivity contribution >= 4 is 17.5 Å². The molecule has 0 unspecified atom stereocenters. The second-order valence-electron chi connectivity index (χ2n) is 6.11. The molecule has 0 aliphatic rings. The lowest BCUT2D eigenvalue weighted by atomic mass is 10.1. The summed E-state index contributed by atoms with van der Waals surface area (Å²) in [6.07, 6.45) is 2.41. The van der Waals surface area contributed by atoms with E-state index in [0.29, 0.717) is 41.2 Å². The first-order chi connectivity index (χ1) is 14.1. The Bertz CT molecular complexity index is 926. The molecule has 0 spiro atoms. The van der Waals surface area contributed by atoms with E-state index in [0.717, 1.165) is 12.0 Å². The standard InChI is InChI=1S/C21H23FN4O3/c1-27-17-12-16(13-18(28-2)20(17)29-3)25-21-24-11-9-19(26-21)23-10-8-14-4-6-15(22)7-5-14/h4-7,9,11-13H,8,10H2,1-3H3,(H2,23,24,25,26). The Morgan fingerprint density at radius 2 is 1.62 bits per heavy atom. The predicted octanol–water partition coefficient (Wildman–Crippen LogP) is 4.04. The number of ether oxygens (including phenoxy) is 3. The normalized spacial score (nSPS) is 10.3. The Hall–Kier alpha value is -3.55. The van der Waals surface area contributed by atoms with Crippen LogP contribution < -0.4 is 24.8 Å². The maximum atomic E-state index is 13.0. The maximum absolute atomic E-state index is 13.0. The summed E-state index contributed by atoms with van der Waals surface area (Å²) in [5.41, 5.74) is 1.74. The van der Waals surface area contributed by atoms with Gasteiger partial charge in [-0.15, -0.1) is 0 Å². The molecule has 0 aliphatic carbocycles. The molecule has 0 atom stereocenters. The Labute approximate surface area is 168 Å². The molecule has 0 aliphatic heterocycles. The monoisotopic (exact) mass is 398 g/mol. The van der Waals surface area contributed by atoms with Gasteiger partial charge in [0.15, 0.2) is 11.5 Å². The van der Waals surface area contributed by atoms with E-state index < -0.39 is 0 Å². The number of anilines is 3. The molecule has 7 nitrogen and oxygen atoms in total. The van der Waals surface area contributed by atoms with Crippen LogP contribution in [0.3, 0.4) is 0 Å². The number of aromatic nitrogens is 2. The lowest BCUT2D eigenvalue weighted by molar-refractivity contribution is 0.324. The van der Waals surface area contributed by atoms with Gasteiger partial charge < -0.3 is 24.8 Å². The van der Waals surface area contributed by atoms with E-state index in [4.69, 9.17) is 14.2 Å². The van der Waals surface area contributed by atoms with Crippen molar-refractivity contribution in [1.29, 1.82) is 0 Å². The smallest absolute Gasteiger partial charge is 0.229 e. The minimum absolute atomic E-state index is 0.236. The fourth-order valence-electron chi connectivity index (χ4n) is 2.79. The van der Waals surface area contributed by atoms with Crippen LogP contribution in [-0.2, 0) is 6.42 Å². The number of hydrogen-bond acceptors (Lipinski definition) is 7. The Morgan fingerprint density at radius 1 is 0.931 bits per heavy atom. The van der Waals surface area contributed by atoms with Crippen LogP contribution in [0.5, 0.6) is 17.2 Å². The average Bonchev–Trinajstić information content (AvgIpc) is 2.74. The Kier molecular flexibility index (Phi) is 6.67. The average molecular weight is 398 g/mol. The summed E-state index contributed by atoms with van der Waals surface area (Å²) in [4.78, 5) is 8.71. The number of nitrogens with zero attached hydrogens (tertiary/aromatic N) is 2. The van der Waals surface area contributed by atoms with Crippen molar-refractivity contribution < 1.29 is 18.6 Å². The van der Waals surface area contributed by atoms with Crippen LogP contribution in [0.4, 0.5) is 21.8 Å². The number of rotatable bonds is 9. The number of methoxy groups -OCH3 is 3. The van der Waals surface area contributed by atoms with Crippen molar-refractivity contribution in [2.75, 3.05) is 38.5 Å². The second-order valence-corrected chi connectivity index (χ2v) is 6.11. The van der Waals surface area contributed by atoms with Crippen LogP contribution in [0.25, 0.3) is 0 Å². The van der Waals surface area contributed by atoms with Crippen LogP contribution in [-0.4, -0.2) is 37.8 Å². The molecule has 0 bridgehead atoms. The molecule has 2 aromatic carbocycles. The third kappa shape index (κ3) is 5.25. The van der Waals surface area contributed by atoms with E-state index in [-0.39, 0.29) is 5.82 Å². The third-order valence-electron chi connectivity index (χ3n) is 4.21. The van der Waals surface area contributed by atoms with Gasteiger partial charge in [-0.05, 0) is 30.2 Å². The first-order valence-corrected chi connectivity index (χ1v) is 9.01. The quantitative estimate of drug-likeness (QED) is 0.563. The fourth-order valence-corrected chi connectivity index (χ4v) is 2.79. The summed E-state index contributed by atoms with van der Waals surface area (Å²) < 4.78 is 29.0. The lowest BCUT2D eigenvalue weighted by Crippen LogP contribution is -2.08. The van der Waals surface area contributed by atoms with Gasteiger partial charge >= 0.3 is 0 Å². The molecule has 0 fully saturated rings. The van der Waals surface area contributed by atoms with Gasteiger partial charge in [0.1, 0.15) is 11.6 Å². The van der Waals surface area contributed by atoms with E-state index in [9.17, 15) is 4.39 Å². The van der Waals surface area contributed by atoms with Crippen molar-refractivity contribution in [3.05, 3.63) is 60.0 Å². The van der Waals surface area contributed by atoms with E-state index in [2.05, 4.69) is 20.6 Å². The number of halogens is 1. The highest BCUT2D eigenvalue weighted by molar-refractivity contribution is 5.66. The van der Waals surface area contributed by atoms with Crippen LogP contribution in [0.1, 0.15) is 5.56 Å². The van der Waals surface area contributed by atoms with Crippen LogP contribution >= 0.6 is 0 Å². The topological polar surface area (TPSA) is 77.5 Å². The van der Waals surface area contributed by atoms with E-state index in [1.807, 2.05) is 0 Å². The molecule has 1 heterocycles. The molecule has 0 radical (unpaired) electrons. The number of hydrogen-bond donors (Lipinski definition) is 2. The Morgan fingerprint density at radius 3 is 2.24 bits per heavy atom. The van der Waals surface area contributed by atoms with Gasteiger partial charge in [0.05, 0.1) is 21.3 Å². The summed E-state index contributed by atoms with van der Waals surface area (Å²) in [7, 11) is 4.67. The zero-order valence-electron chi connectivity index (χ0n) is 16.5. The second kappa shape index (κ2) is 9.59. The first-order valence-electron chi connectivity index (χ1n) is 9.01. The highest BCUT2D eigenvalue weighted by Crippen LogP contribution is 2.40. The van der Waals surface area contributed by atoms with Crippen LogP contribution in [0.15, 0.2) is 48.7 Å². The molecule has 0 amide bonds. The molecule has 152 valence electrons. The minimum atomic E-state index is -0.236. The lowest BCUT2D eigenvalue weighted by Gasteiger charge is -2.15. The largest absolute Gasteiger partial charge is 0.493 e. The maximum Gasteiger partial charge on any atom is 0.229 e. The van der Waals surface area contributed by atoms with E-state index >= 15 is 0 Å². The van der Waals surface area contributed by atoms with Crippen LogP contribution in [0.2, 0.25) is 0 Å². The van der Waals surface area contributed by atoms with Gasteiger partial charge in [0.25, 0.3) is 0 Å². The first kappa shape index (κ1) is 20.2. The number of benzene rings is 2. The van der Waals surface area contributed by atoms with E-state index in [1.54, 1.807) is 57.9 Å². The Balaban J connectivity index is 1.67. The molecule has 2 N–H and O–H groups in total. The van der Waals surface area contributed by atoms with Crippen molar-refractivity contribution in [1.82, 2.24) is 9.97 Å². The zero-order valence-corrected chi connectivity index (χ0v) is 16.5. The van der Waals surface area contributed by atoms with Crippen molar-refractivity contribution in [3.8, 4) is 17.2 Å². The molecule has 1 aromatic heterocycles. The number of nitrogens with one attached hydrogen (secondary N) is 2. The SMILES string of the molecule is COc1cc(Nc2nccc(NCCc3ccc(F)cc3)n2)cc(OC)c1OC. The molecular formula is C21H23FN4O3. The molecule has 29 heavy (non-hydrogen) atoms. The van der Waals surface area contributed by atoms with Gasteiger partial charge in [-0.3, -0.25) is 0 Å². The molecule has 0 saturated carbocycles. The summed E-state index contributed by atoms with van der Waals surface area (Å²) in [6.45, 7) is 0.659. The van der Waals surface area contributed by atoms with E-state index in [1.165, 1.54) is 12.1 Å².